The van der Waals surface area contributed by atoms with Gasteiger partial charge in [0.05, 0.1) is 11.7 Å². The number of rotatable bonds is 4. The van der Waals surface area contributed by atoms with Crippen LogP contribution in [0.5, 0.6) is 0 Å². The van der Waals surface area contributed by atoms with Crippen LogP contribution in [0.4, 0.5) is 0 Å². The highest BCUT2D eigenvalue weighted by atomic mass is 35.5. The molecule has 4 nitrogen and oxygen atoms in total. The Kier molecular flexibility index (Phi) is 4.43. The molecule has 1 rings (SSSR count). The lowest BCUT2D eigenvalue weighted by molar-refractivity contribution is 0.0694. The highest BCUT2D eigenvalue weighted by Gasteiger charge is 2.31. The number of aromatic nitrogens is 2. The van der Waals surface area contributed by atoms with Crippen molar-refractivity contribution in [1.82, 2.24) is 9.78 Å². The van der Waals surface area contributed by atoms with Gasteiger partial charge in [0.25, 0.3) is 0 Å². The van der Waals surface area contributed by atoms with Crippen molar-refractivity contribution in [1.29, 1.82) is 0 Å². The highest BCUT2D eigenvalue weighted by molar-refractivity contribution is 6.32. The second-order valence-corrected chi connectivity index (χ2v) is 5.84. The molecule has 0 aliphatic carbocycles. The molecule has 0 amide bonds. The Balaban J connectivity index is 3.46. The maximum absolute atomic E-state index is 11.4. The third kappa shape index (κ3) is 2.69. The van der Waals surface area contributed by atoms with Crippen LogP contribution in [-0.4, -0.2) is 20.9 Å². The second kappa shape index (κ2) is 5.31. The van der Waals surface area contributed by atoms with E-state index in [-0.39, 0.29) is 22.2 Å². The van der Waals surface area contributed by atoms with E-state index < -0.39 is 5.97 Å². The highest BCUT2D eigenvalue weighted by Crippen LogP contribution is 2.33. The van der Waals surface area contributed by atoms with Crippen LogP contribution in [0.3, 0.4) is 0 Å². The van der Waals surface area contributed by atoms with Gasteiger partial charge < -0.3 is 5.11 Å². The Morgan fingerprint density at radius 3 is 2.17 bits per heavy atom. The molecule has 0 unspecified atom stereocenters. The van der Waals surface area contributed by atoms with Gasteiger partial charge in [-0.1, -0.05) is 46.2 Å². The summed E-state index contributed by atoms with van der Waals surface area (Å²) in [5.74, 6) is -1.01. The van der Waals surface area contributed by atoms with Crippen molar-refractivity contribution in [3.63, 3.8) is 0 Å². The molecule has 18 heavy (non-hydrogen) atoms. The van der Waals surface area contributed by atoms with Gasteiger partial charge >= 0.3 is 5.97 Å². The molecule has 0 spiro atoms. The summed E-state index contributed by atoms with van der Waals surface area (Å²) >= 11 is 6.20. The molecule has 1 aromatic heterocycles. The van der Waals surface area contributed by atoms with Gasteiger partial charge in [0, 0.05) is 5.41 Å². The van der Waals surface area contributed by atoms with Gasteiger partial charge in [-0.15, -0.1) is 0 Å². The van der Waals surface area contributed by atoms with Crippen molar-refractivity contribution in [3.05, 3.63) is 16.4 Å². The molecule has 0 radical (unpaired) electrons. The average molecular weight is 273 g/mol. The van der Waals surface area contributed by atoms with Crippen LogP contribution in [0.15, 0.2) is 0 Å². The third-order valence-electron chi connectivity index (χ3n) is 3.06. The summed E-state index contributed by atoms with van der Waals surface area (Å²) in [5.41, 5.74) is 0.345. The Labute approximate surface area is 113 Å². The van der Waals surface area contributed by atoms with E-state index in [2.05, 4.69) is 5.10 Å². The van der Waals surface area contributed by atoms with Crippen LogP contribution in [0.1, 0.15) is 69.6 Å². The van der Waals surface area contributed by atoms with Crippen molar-refractivity contribution in [3.8, 4) is 0 Å². The van der Waals surface area contributed by atoms with Crippen molar-refractivity contribution >= 4 is 17.6 Å². The minimum atomic E-state index is -1.01. The number of carbonyl (C=O) groups is 1. The third-order valence-corrected chi connectivity index (χ3v) is 3.43. The first-order chi connectivity index (χ1) is 8.23. The smallest absolute Gasteiger partial charge is 0.340 e. The first kappa shape index (κ1) is 15.0. The summed E-state index contributed by atoms with van der Waals surface area (Å²) in [6.45, 7) is 9.91. The van der Waals surface area contributed by atoms with Crippen LogP contribution in [0.2, 0.25) is 5.15 Å². The van der Waals surface area contributed by atoms with Crippen molar-refractivity contribution in [2.75, 3.05) is 0 Å². The Hall–Kier alpha value is -1.03. The number of carboxylic acids is 1. The average Bonchev–Trinajstić information content (AvgIpc) is 2.58. The number of hydrogen-bond donors (Lipinski definition) is 1. The fourth-order valence-electron chi connectivity index (χ4n) is 2.00. The van der Waals surface area contributed by atoms with Crippen molar-refractivity contribution < 1.29 is 9.90 Å². The van der Waals surface area contributed by atoms with E-state index in [0.717, 1.165) is 12.8 Å². The fourth-order valence-corrected chi connectivity index (χ4v) is 2.35. The van der Waals surface area contributed by atoms with E-state index in [1.165, 1.54) is 0 Å². The second-order valence-electron chi connectivity index (χ2n) is 5.48. The summed E-state index contributed by atoms with van der Waals surface area (Å²) in [6, 6.07) is 0.145. The van der Waals surface area contributed by atoms with Crippen molar-refractivity contribution in [2.45, 2.75) is 58.9 Å². The van der Waals surface area contributed by atoms with E-state index in [1.807, 2.05) is 34.6 Å². The van der Waals surface area contributed by atoms with Crippen molar-refractivity contribution in [2.24, 2.45) is 0 Å². The predicted molar refractivity (Wildman–Crippen MR) is 72.5 cm³/mol. The van der Waals surface area contributed by atoms with Gasteiger partial charge in [0.2, 0.25) is 0 Å². The topological polar surface area (TPSA) is 55.1 Å². The Bertz CT molecular complexity index is 443. The van der Waals surface area contributed by atoms with Gasteiger partial charge in [-0.3, -0.25) is 0 Å². The molecule has 0 saturated carbocycles. The fraction of sp³-hybridized carbons (Fsp3) is 0.692. The zero-order valence-corrected chi connectivity index (χ0v) is 12.4. The molecule has 1 aromatic rings. The molecular weight excluding hydrogens is 252 g/mol. The lowest BCUT2D eigenvalue weighted by Gasteiger charge is -2.17. The van der Waals surface area contributed by atoms with E-state index in [9.17, 15) is 9.90 Å². The molecule has 0 aliphatic heterocycles. The van der Waals surface area contributed by atoms with Crippen LogP contribution < -0.4 is 0 Å². The number of nitrogens with zero attached hydrogens (tertiary/aromatic N) is 2. The Morgan fingerprint density at radius 2 is 1.89 bits per heavy atom. The molecule has 0 aromatic carbocycles. The summed E-state index contributed by atoms with van der Waals surface area (Å²) in [4.78, 5) is 11.4. The minimum Gasteiger partial charge on any atom is -0.478 e. The monoisotopic (exact) mass is 272 g/mol. The lowest BCUT2D eigenvalue weighted by atomic mass is 9.89. The van der Waals surface area contributed by atoms with E-state index in [1.54, 1.807) is 4.68 Å². The minimum absolute atomic E-state index is 0.135. The van der Waals surface area contributed by atoms with E-state index in [4.69, 9.17) is 11.6 Å². The van der Waals surface area contributed by atoms with Crippen LogP contribution in [0.25, 0.3) is 0 Å². The SMILES string of the molecule is CCC(CC)n1nc(C(C)(C)C)c(C(=O)O)c1Cl. The molecule has 0 aliphatic rings. The molecule has 0 atom stereocenters. The maximum Gasteiger partial charge on any atom is 0.340 e. The van der Waals surface area contributed by atoms with Crippen LogP contribution >= 0.6 is 11.6 Å². The summed E-state index contributed by atoms with van der Waals surface area (Å²) in [5, 5.41) is 14.0. The van der Waals surface area contributed by atoms with Gasteiger partial charge in [0.15, 0.2) is 0 Å². The number of carboxylic acid groups (broad SMARTS) is 1. The summed E-state index contributed by atoms with van der Waals surface area (Å²) < 4.78 is 1.66. The predicted octanol–water partition coefficient (Wildman–Crippen LogP) is 3.89. The largest absolute Gasteiger partial charge is 0.478 e. The first-order valence-corrected chi connectivity index (χ1v) is 6.63. The molecule has 0 bridgehead atoms. The van der Waals surface area contributed by atoms with Crippen LogP contribution in [0, 0.1) is 0 Å². The quantitative estimate of drug-likeness (QED) is 0.904. The summed E-state index contributed by atoms with van der Waals surface area (Å²) in [6.07, 6.45) is 1.75. The molecule has 1 N–H and O–H groups in total. The zero-order chi connectivity index (χ0) is 14.1. The number of halogens is 1. The van der Waals surface area contributed by atoms with Gasteiger partial charge in [-0.2, -0.15) is 5.10 Å². The van der Waals surface area contributed by atoms with E-state index in [0.29, 0.717) is 5.69 Å². The Morgan fingerprint density at radius 1 is 1.39 bits per heavy atom. The lowest BCUT2D eigenvalue weighted by Crippen LogP contribution is -2.17. The summed E-state index contributed by atoms with van der Waals surface area (Å²) in [7, 11) is 0. The molecule has 0 fully saturated rings. The van der Waals surface area contributed by atoms with E-state index >= 15 is 0 Å². The molecule has 0 saturated heterocycles. The van der Waals surface area contributed by atoms with Gasteiger partial charge in [-0.25, -0.2) is 9.48 Å². The normalized spacial score (nSPS) is 12.2. The zero-order valence-electron chi connectivity index (χ0n) is 11.6. The van der Waals surface area contributed by atoms with Gasteiger partial charge in [0.1, 0.15) is 10.7 Å². The molecule has 1 heterocycles. The number of aromatic carboxylic acids is 1. The standard InChI is InChI=1S/C13H21ClN2O2/c1-6-8(7-2)16-11(14)9(12(17)18)10(15-16)13(3,4)5/h8H,6-7H2,1-5H3,(H,17,18). The first-order valence-electron chi connectivity index (χ1n) is 6.25. The molecule has 102 valence electrons. The van der Waals surface area contributed by atoms with Gasteiger partial charge in [-0.05, 0) is 12.8 Å². The molecular formula is C13H21ClN2O2. The van der Waals surface area contributed by atoms with Crippen LogP contribution in [-0.2, 0) is 5.41 Å². The molecule has 5 heteroatoms. The maximum atomic E-state index is 11.4. The number of hydrogen-bond acceptors (Lipinski definition) is 2.